The minimum absolute atomic E-state index is 0.0471. The molecule has 1 saturated heterocycles. The van der Waals surface area contributed by atoms with E-state index < -0.39 is 5.60 Å². The molecule has 188 valence electrons. The van der Waals surface area contributed by atoms with Gasteiger partial charge >= 0.3 is 6.09 Å². The molecule has 6 nitrogen and oxygen atoms in total. The Morgan fingerprint density at radius 3 is 1.80 bits per heavy atom. The Morgan fingerprint density at radius 1 is 0.857 bits per heavy atom. The van der Waals surface area contributed by atoms with Gasteiger partial charge in [0.25, 0.3) is 5.91 Å². The number of hydrogen-bond donors (Lipinski definition) is 0. The zero-order chi connectivity index (χ0) is 25.6. The summed E-state index contributed by atoms with van der Waals surface area (Å²) < 4.78 is 10.9. The molecule has 2 amide bonds. The quantitative estimate of drug-likeness (QED) is 0.510. The van der Waals surface area contributed by atoms with Gasteiger partial charge in [0.15, 0.2) is 0 Å². The lowest BCUT2D eigenvalue weighted by Crippen LogP contribution is -2.40. The van der Waals surface area contributed by atoms with Crippen molar-refractivity contribution >= 4 is 17.6 Å². The zero-order valence-corrected chi connectivity index (χ0v) is 21.9. The molecule has 0 unspecified atom stereocenters. The second-order valence-corrected chi connectivity index (χ2v) is 9.73. The van der Waals surface area contributed by atoms with E-state index in [1.54, 1.807) is 12.0 Å². The van der Waals surface area contributed by atoms with Crippen molar-refractivity contribution in [1.29, 1.82) is 0 Å². The third-order valence-electron chi connectivity index (χ3n) is 6.22. The first kappa shape index (κ1) is 26.3. The van der Waals surface area contributed by atoms with Crippen molar-refractivity contribution in [3.63, 3.8) is 0 Å². The third-order valence-corrected chi connectivity index (χ3v) is 6.22. The van der Waals surface area contributed by atoms with Gasteiger partial charge in [-0.25, -0.2) is 4.79 Å². The van der Waals surface area contributed by atoms with Gasteiger partial charge in [-0.15, -0.1) is 0 Å². The lowest BCUT2D eigenvalue weighted by Gasteiger charge is -2.32. The van der Waals surface area contributed by atoms with Crippen LogP contribution in [-0.4, -0.2) is 60.7 Å². The Bertz CT molecular complexity index is 1040. The molecule has 35 heavy (non-hydrogen) atoms. The van der Waals surface area contributed by atoms with E-state index in [4.69, 9.17) is 9.47 Å². The van der Waals surface area contributed by atoms with Crippen LogP contribution in [0.3, 0.4) is 0 Å². The molecule has 1 heterocycles. The number of likely N-dealkylation sites (tertiary alicyclic amines) is 1. The maximum atomic E-state index is 12.8. The highest BCUT2D eigenvalue weighted by molar-refractivity contribution is 5.95. The highest BCUT2D eigenvalue weighted by Crippen LogP contribution is 2.34. The largest absolute Gasteiger partial charge is 0.497 e. The Morgan fingerprint density at radius 2 is 1.34 bits per heavy atom. The van der Waals surface area contributed by atoms with Crippen molar-refractivity contribution in [1.82, 2.24) is 9.80 Å². The monoisotopic (exact) mass is 478 g/mol. The molecule has 1 aliphatic rings. The average Bonchev–Trinajstić information content (AvgIpc) is 2.85. The van der Waals surface area contributed by atoms with Crippen LogP contribution in [0, 0.1) is 0 Å². The van der Waals surface area contributed by atoms with Crippen LogP contribution in [0.1, 0.15) is 68.9 Å². The summed E-state index contributed by atoms with van der Waals surface area (Å²) in [7, 11) is 1.66. The summed E-state index contributed by atoms with van der Waals surface area (Å²) >= 11 is 0. The van der Waals surface area contributed by atoms with Crippen LogP contribution in [0.2, 0.25) is 0 Å². The molecule has 2 aromatic rings. The van der Waals surface area contributed by atoms with Crippen molar-refractivity contribution in [2.45, 2.75) is 53.1 Å². The van der Waals surface area contributed by atoms with Crippen LogP contribution in [0.4, 0.5) is 4.79 Å². The van der Waals surface area contributed by atoms with Crippen LogP contribution >= 0.6 is 0 Å². The Labute approximate surface area is 209 Å². The van der Waals surface area contributed by atoms with Crippen molar-refractivity contribution < 1.29 is 19.1 Å². The normalized spacial score (nSPS) is 13.9. The summed E-state index contributed by atoms with van der Waals surface area (Å²) in [6.07, 6.45) is 1.27. The molecule has 0 N–H and O–H groups in total. The summed E-state index contributed by atoms with van der Waals surface area (Å²) in [5.74, 6) is 0.851. The number of benzene rings is 2. The molecule has 0 aromatic heterocycles. The molecule has 2 aromatic carbocycles. The first-order chi connectivity index (χ1) is 16.7. The first-order valence-electron chi connectivity index (χ1n) is 12.4. The molecule has 6 heteroatoms. The summed E-state index contributed by atoms with van der Waals surface area (Å²) in [6.45, 7) is 12.2. The van der Waals surface area contributed by atoms with Gasteiger partial charge in [-0.2, -0.15) is 0 Å². The van der Waals surface area contributed by atoms with E-state index in [2.05, 4.69) is 12.1 Å². The SMILES string of the molecule is CCN(CC)C(=O)c1ccc(C(=C2CCN(C(=O)OC(C)(C)C)CC2)c2ccc(OC)cc2)cc1. The number of carbonyl (C=O) groups is 2. The molecular formula is C29H38N2O4. The van der Waals surface area contributed by atoms with Gasteiger partial charge in [0.2, 0.25) is 0 Å². The van der Waals surface area contributed by atoms with Crippen LogP contribution in [0.25, 0.3) is 5.57 Å². The lowest BCUT2D eigenvalue weighted by molar-refractivity contribution is 0.0236. The Hall–Kier alpha value is -3.28. The fourth-order valence-corrected chi connectivity index (χ4v) is 4.34. The molecule has 1 aliphatic heterocycles. The summed E-state index contributed by atoms with van der Waals surface area (Å²) in [4.78, 5) is 28.9. The molecule has 0 atom stereocenters. The van der Waals surface area contributed by atoms with E-state index in [0.29, 0.717) is 31.7 Å². The van der Waals surface area contributed by atoms with Gasteiger partial charge in [-0.3, -0.25) is 4.79 Å². The number of nitrogens with zero attached hydrogens (tertiary/aromatic N) is 2. The maximum absolute atomic E-state index is 12.8. The minimum Gasteiger partial charge on any atom is -0.497 e. The molecule has 0 saturated carbocycles. The Kier molecular flexibility index (Phi) is 8.60. The maximum Gasteiger partial charge on any atom is 0.410 e. The molecule has 0 bridgehead atoms. The number of ether oxygens (including phenoxy) is 2. The van der Waals surface area contributed by atoms with E-state index in [1.165, 1.54) is 5.57 Å². The van der Waals surface area contributed by atoms with E-state index in [-0.39, 0.29) is 12.0 Å². The van der Waals surface area contributed by atoms with Crippen molar-refractivity contribution in [3.8, 4) is 5.75 Å². The van der Waals surface area contributed by atoms with Crippen molar-refractivity contribution in [3.05, 3.63) is 70.8 Å². The third kappa shape index (κ3) is 6.65. The number of hydrogen-bond acceptors (Lipinski definition) is 4. The van der Waals surface area contributed by atoms with E-state index in [1.807, 2.05) is 75.9 Å². The number of methoxy groups -OCH3 is 1. The fourth-order valence-electron chi connectivity index (χ4n) is 4.34. The van der Waals surface area contributed by atoms with E-state index >= 15 is 0 Å². The van der Waals surface area contributed by atoms with Crippen LogP contribution < -0.4 is 4.74 Å². The van der Waals surface area contributed by atoms with E-state index in [0.717, 1.165) is 35.3 Å². The topological polar surface area (TPSA) is 59.1 Å². The minimum atomic E-state index is -0.508. The van der Waals surface area contributed by atoms with Crippen LogP contribution in [-0.2, 0) is 4.74 Å². The molecule has 3 rings (SSSR count). The fraction of sp³-hybridized carbons (Fsp3) is 0.448. The predicted molar refractivity (Wildman–Crippen MR) is 140 cm³/mol. The van der Waals surface area contributed by atoms with E-state index in [9.17, 15) is 9.59 Å². The zero-order valence-electron chi connectivity index (χ0n) is 21.9. The smallest absolute Gasteiger partial charge is 0.410 e. The number of amides is 2. The Balaban J connectivity index is 1.92. The van der Waals surface area contributed by atoms with Crippen molar-refractivity contribution in [2.75, 3.05) is 33.3 Å². The number of rotatable bonds is 6. The second kappa shape index (κ2) is 11.4. The molecule has 0 radical (unpaired) electrons. The number of piperidine rings is 1. The van der Waals surface area contributed by atoms with Gasteiger partial charge in [0, 0.05) is 31.7 Å². The predicted octanol–water partition coefficient (Wildman–Crippen LogP) is 6.01. The molecule has 0 spiro atoms. The molecule has 1 fully saturated rings. The highest BCUT2D eigenvalue weighted by atomic mass is 16.6. The molecule has 0 aliphatic carbocycles. The van der Waals surface area contributed by atoms with Gasteiger partial charge in [-0.1, -0.05) is 29.8 Å². The highest BCUT2D eigenvalue weighted by Gasteiger charge is 2.26. The summed E-state index contributed by atoms with van der Waals surface area (Å²) in [5.41, 5.74) is 4.78. The van der Waals surface area contributed by atoms with Gasteiger partial charge in [-0.05, 0) is 88.4 Å². The first-order valence-corrected chi connectivity index (χ1v) is 12.4. The van der Waals surface area contributed by atoms with Gasteiger partial charge < -0.3 is 19.3 Å². The van der Waals surface area contributed by atoms with Crippen LogP contribution in [0.5, 0.6) is 5.75 Å². The van der Waals surface area contributed by atoms with Crippen molar-refractivity contribution in [2.24, 2.45) is 0 Å². The lowest BCUT2D eigenvalue weighted by atomic mass is 9.88. The standard InChI is InChI=1S/C29H38N2O4/c1-7-30(8-2)27(32)24-11-9-21(10-12-24)26(22-13-15-25(34-6)16-14-22)23-17-19-31(20-18-23)28(33)35-29(3,4)5/h9-16H,7-8,17-20H2,1-6H3. The van der Waals surface area contributed by atoms with Gasteiger partial charge in [0.05, 0.1) is 7.11 Å². The second-order valence-electron chi connectivity index (χ2n) is 9.73. The molecular weight excluding hydrogens is 440 g/mol. The summed E-state index contributed by atoms with van der Waals surface area (Å²) in [6, 6.07) is 15.9. The van der Waals surface area contributed by atoms with Crippen LogP contribution in [0.15, 0.2) is 54.1 Å². The summed E-state index contributed by atoms with van der Waals surface area (Å²) in [5, 5.41) is 0. The van der Waals surface area contributed by atoms with Gasteiger partial charge in [0.1, 0.15) is 11.4 Å². The number of carbonyl (C=O) groups excluding carboxylic acids is 2. The average molecular weight is 479 g/mol.